The van der Waals surface area contributed by atoms with Crippen molar-refractivity contribution in [2.24, 2.45) is 0 Å². The molecule has 4 heterocycles. The van der Waals surface area contributed by atoms with E-state index >= 15 is 0 Å². The van der Waals surface area contributed by atoms with Crippen LogP contribution >= 0.6 is 0 Å². The monoisotopic (exact) mass is 542 g/mol. The Balaban J connectivity index is 1.49. The highest BCUT2D eigenvalue weighted by molar-refractivity contribution is 6.77. The highest BCUT2D eigenvalue weighted by Gasteiger charge is 2.47. The van der Waals surface area contributed by atoms with Gasteiger partial charge in [0.2, 0.25) is 11.9 Å². The number of imidazole rings is 2. The maximum absolute atomic E-state index is 5.36. The number of aromatic nitrogens is 4. The molecule has 7 heteroatoms. The molecule has 0 aliphatic carbocycles. The molecule has 2 aliphatic heterocycles. The van der Waals surface area contributed by atoms with E-state index in [0.717, 1.165) is 67.8 Å². The van der Waals surface area contributed by atoms with Crippen molar-refractivity contribution in [3.05, 3.63) is 126 Å². The van der Waals surface area contributed by atoms with Crippen molar-refractivity contribution in [3.8, 4) is 0 Å². The SMILES string of the molecule is Cc1cc2c3c(c1)N(c1ccccc1)c1nc4c(C)cccc4n1B3n1c(nc3c(C)cccc31)N2c1ccccc1. The third-order valence-electron chi connectivity index (χ3n) is 8.75. The van der Waals surface area contributed by atoms with Crippen LogP contribution in [0.3, 0.4) is 0 Å². The molecular weight excluding hydrogens is 515 g/mol. The van der Waals surface area contributed by atoms with Gasteiger partial charge in [-0.3, -0.25) is 9.80 Å². The van der Waals surface area contributed by atoms with Crippen LogP contribution in [0.1, 0.15) is 16.7 Å². The van der Waals surface area contributed by atoms with Gasteiger partial charge in [-0.25, -0.2) is 9.97 Å². The number of benzene rings is 5. The molecule has 0 radical (unpaired) electrons. The van der Waals surface area contributed by atoms with E-state index in [1.807, 2.05) is 0 Å². The summed E-state index contributed by atoms with van der Waals surface area (Å²) < 4.78 is 4.84. The molecule has 2 aliphatic rings. The van der Waals surface area contributed by atoms with E-state index in [1.54, 1.807) is 0 Å². The fraction of sp³-hybridized carbons (Fsp3) is 0.0857. The molecule has 0 amide bonds. The van der Waals surface area contributed by atoms with Gasteiger partial charge in [-0.1, -0.05) is 60.7 Å². The van der Waals surface area contributed by atoms with Crippen molar-refractivity contribution in [2.75, 3.05) is 9.80 Å². The van der Waals surface area contributed by atoms with E-state index in [-0.39, 0.29) is 6.98 Å². The van der Waals surface area contributed by atoms with Crippen LogP contribution in [0.25, 0.3) is 22.1 Å². The molecule has 0 atom stereocenters. The first kappa shape index (κ1) is 23.4. The molecule has 0 fully saturated rings. The Hall–Kier alpha value is -5.30. The summed E-state index contributed by atoms with van der Waals surface area (Å²) in [6.45, 7) is 6.31. The summed E-state index contributed by atoms with van der Waals surface area (Å²) in [7, 11) is 0. The van der Waals surface area contributed by atoms with Gasteiger partial charge in [-0.05, 0) is 86.0 Å². The Bertz CT molecular complexity index is 2050. The van der Waals surface area contributed by atoms with Crippen molar-refractivity contribution in [2.45, 2.75) is 20.8 Å². The Morgan fingerprint density at radius 1 is 0.524 bits per heavy atom. The van der Waals surface area contributed by atoms with Gasteiger partial charge in [0.1, 0.15) is 0 Å². The first-order valence-electron chi connectivity index (χ1n) is 14.4. The Labute approximate surface area is 244 Å². The van der Waals surface area contributed by atoms with Crippen LogP contribution in [-0.4, -0.2) is 25.9 Å². The van der Waals surface area contributed by atoms with E-state index in [0.29, 0.717) is 0 Å². The number of nitrogens with zero attached hydrogens (tertiary/aromatic N) is 6. The number of fused-ring (bicyclic) bond motifs is 8. The average Bonchev–Trinajstić information content (AvgIpc) is 3.59. The highest BCUT2D eigenvalue weighted by Crippen LogP contribution is 2.47. The quantitative estimate of drug-likeness (QED) is 0.210. The van der Waals surface area contributed by atoms with E-state index < -0.39 is 0 Å². The van der Waals surface area contributed by atoms with Gasteiger partial charge < -0.3 is 8.96 Å². The summed E-state index contributed by atoms with van der Waals surface area (Å²) in [6, 6.07) is 38.8. The molecule has 0 saturated carbocycles. The van der Waals surface area contributed by atoms with Crippen LogP contribution in [0.5, 0.6) is 0 Å². The second-order valence-corrected chi connectivity index (χ2v) is 11.4. The van der Waals surface area contributed by atoms with Gasteiger partial charge in [-0.2, -0.15) is 0 Å². The van der Waals surface area contributed by atoms with E-state index in [4.69, 9.17) is 9.97 Å². The molecule has 5 aromatic carbocycles. The lowest BCUT2D eigenvalue weighted by Crippen LogP contribution is -2.55. The van der Waals surface area contributed by atoms with Crippen LogP contribution in [0.15, 0.2) is 109 Å². The molecule has 9 rings (SSSR count). The lowest BCUT2D eigenvalue weighted by Gasteiger charge is -2.42. The molecule has 200 valence electrons. The maximum Gasteiger partial charge on any atom is 0.429 e. The summed E-state index contributed by atoms with van der Waals surface area (Å²) in [5, 5.41) is 0. The molecule has 7 aromatic rings. The number of rotatable bonds is 2. The molecular formula is C35H27BN6. The predicted octanol–water partition coefficient (Wildman–Crippen LogP) is 7.67. The molecule has 0 N–H and O–H groups in total. The summed E-state index contributed by atoms with van der Waals surface area (Å²) in [4.78, 5) is 15.4. The first-order chi connectivity index (χ1) is 20.6. The maximum atomic E-state index is 5.36. The second-order valence-electron chi connectivity index (χ2n) is 11.4. The highest BCUT2D eigenvalue weighted by atomic mass is 15.4. The van der Waals surface area contributed by atoms with Gasteiger partial charge in [-0.15, -0.1) is 0 Å². The van der Waals surface area contributed by atoms with Crippen molar-refractivity contribution < 1.29 is 0 Å². The van der Waals surface area contributed by atoms with Crippen LogP contribution in [0.2, 0.25) is 0 Å². The molecule has 42 heavy (non-hydrogen) atoms. The summed E-state index contributed by atoms with van der Waals surface area (Å²) >= 11 is 0. The fourth-order valence-electron chi connectivity index (χ4n) is 6.93. The van der Waals surface area contributed by atoms with E-state index in [2.05, 4.69) is 149 Å². The number of anilines is 6. The Morgan fingerprint density at radius 2 is 0.976 bits per heavy atom. The zero-order valence-corrected chi connectivity index (χ0v) is 23.7. The van der Waals surface area contributed by atoms with E-state index in [1.165, 1.54) is 11.0 Å². The Kier molecular flexibility index (Phi) is 4.66. The van der Waals surface area contributed by atoms with Crippen LogP contribution in [0, 0.1) is 20.8 Å². The van der Waals surface area contributed by atoms with Gasteiger partial charge >= 0.3 is 6.98 Å². The molecule has 6 nitrogen and oxygen atoms in total. The smallest absolute Gasteiger partial charge is 0.329 e. The van der Waals surface area contributed by atoms with Gasteiger partial charge in [0.25, 0.3) is 0 Å². The van der Waals surface area contributed by atoms with Crippen LogP contribution in [0.4, 0.5) is 34.6 Å². The van der Waals surface area contributed by atoms with Gasteiger partial charge in [0.15, 0.2) is 0 Å². The average molecular weight is 542 g/mol. The van der Waals surface area contributed by atoms with Gasteiger partial charge in [0, 0.05) is 28.2 Å². The lowest BCUT2D eigenvalue weighted by atomic mass is 9.62. The molecule has 0 unspecified atom stereocenters. The lowest BCUT2D eigenvalue weighted by molar-refractivity contribution is 0.996. The zero-order chi connectivity index (χ0) is 28.1. The molecule has 0 spiro atoms. The number of hydrogen-bond donors (Lipinski definition) is 0. The summed E-state index contributed by atoms with van der Waals surface area (Å²) in [5.74, 6) is 1.82. The van der Waals surface area contributed by atoms with Crippen molar-refractivity contribution >= 4 is 69.2 Å². The molecule has 2 aromatic heterocycles. The fourth-order valence-corrected chi connectivity index (χ4v) is 6.93. The largest absolute Gasteiger partial charge is 0.429 e. The van der Waals surface area contributed by atoms with Crippen molar-refractivity contribution in [1.82, 2.24) is 18.9 Å². The van der Waals surface area contributed by atoms with Crippen molar-refractivity contribution in [1.29, 1.82) is 0 Å². The second kappa shape index (κ2) is 8.36. The number of para-hydroxylation sites is 4. The first-order valence-corrected chi connectivity index (χ1v) is 14.4. The Morgan fingerprint density at radius 3 is 1.43 bits per heavy atom. The third-order valence-corrected chi connectivity index (χ3v) is 8.75. The molecule has 0 bridgehead atoms. The summed E-state index contributed by atoms with van der Waals surface area (Å²) in [6.07, 6.45) is 0. The molecule has 0 saturated heterocycles. The number of hydrogen-bond acceptors (Lipinski definition) is 4. The third kappa shape index (κ3) is 3.00. The van der Waals surface area contributed by atoms with Gasteiger partial charge in [0.05, 0.1) is 22.1 Å². The standard InChI is InChI=1S/C35H27BN6/c1-22-20-29-31-30(21-22)40(26-16-8-5-9-17-26)35-38-33-24(3)13-11-19-28(33)42(35)36(31)41-27-18-10-12-23(2)32(27)37-34(41)39(29)25-14-6-4-7-15-25/h4-21H,1-3H3. The number of aryl methyl sites for hydroxylation is 3. The van der Waals surface area contributed by atoms with Crippen LogP contribution < -0.4 is 15.3 Å². The predicted molar refractivity (Wildman–Crippen MR) is 173 cm³/mol. The minimum absolute atomic E-state index is 0.167. The zero-order valence-electron chi connectivity index (χ0n) is 23.7. The van der Waals surface area contributed by atoms with E-state index in [9.17, 15) is 0 Å². The minimum atomic E-state index is -0.167. The normalized spacial score (nSPS) is 13.5. The minimum Gasteiger partial charge on any atom is -0.329 e. The topological polar surface area (TPSA) is 42.1 Å². The van der Waals surface area contributed by atoms with Crippen LogP contribution in [-0.2, 0) is 0 Å². The van der Waals surface area contributed by atoms with Crippen molar-refractivity contribution in [3.63, 3.8) is 0 Å². The summed E-state index contributed by atoms with van der Waals surface area (Å²) in [5.41, 5.74) is 13.5.